The molecule has 1 aliphatic carbocycles. The molecule has 2 aromatic heterocycles. The topological polar surface area (TPSA) is 46.5 Å². The fourth-order valence-electron chi connectivity index (χ4n) is 2.84. The summed E-state index contributed by atoms with van der Waals surface area (Å²) >= 11 is 5.45. The highest BCUT2D eigenvalue weighted by Crippen LogP contribution is 2.33. The van der Waals surface area contributed by atoms with Gasteiger partial charge in [0.15, 0.2) is 5.82 Å². The van der Waals surface area contributed by atoms with Gasteiger partial charge in [0.2, 0.25) is 0 Å². The lowest BCUT2D eigenvalue weighted by atomic mass is 10.1. The second-order valence-electron chi connectivity index (χ2n) is 5.28. The van der Waals surface area contributed by atoms with E-state index in [4.69, 9.17) is 12.2 Å². The predicted molar refractivity (Wildman–Crippen MR) is 77.2 cm³/mol. The molecular weight excluding hydrogens is 256 g/mol. The van der Waals surface area contributed by atoms with Crippen LogP contribution >= 0.6 is 12.2 Å². The Kier molecular flexibility index (Phi) is 3.22. The Morgan fingerprint density at radius 3 is 2.63 bits per heavy atom. The molecule has 1 N–H and O–H groups in total. The minimum Gasteiger partial charge on any atom is -0.295 e. The number of nitrogens with zero attached hydrogens (tertiary/aromatic N) is 3. The number of hydrogen-bond donors (Lipinski definition) is 1. The largest absolute Gasteiger partial charge is 0.295 e. The Morgan fingerprint density at radius 1 is 1.21 bits per heavy atom. The first kappa shape index (κ1) is 12.5. The maximum atomic E-state index is 5.45. The van der Waals surface area contributed by atoms with Crippen molar-refractivity contribution in [2.24, 2.45) is 0 Å². The fraction of sp³-hybridized carbons (Fsp3) is 0.500. The maximum absolute atomic E-state index is 5.45. The molecule has 1 fully saturated rings. The van der Waals surface area contributed by atoms with Gasteiger partial charge in [0, 0.05) is 23.4 Å². The standard InChI is InChI=1S/C14H18N4S/c1-9-7-13(16-10(2)15-9)18-14(19)8-12(17-18)11-5-3-4-6-11/h7-8,11,17H,3-6H2,1-2H3. The van der Waals surface area contributed by atoms with Crippen LogP contribution in [-0.2, 0) is 0 Å². The van der Waals surface area contributed by atoms with Gasteiger partial charge in [-0.25, -0.2) is 14.6 Å². The van der Waals surface area contributed by atoms with Crippen LogP contribution in [0.3, 0.4) is 0 Å². The van der Waals surface area contributed by atoms with Crippen molar-refractivity contribution in [2.45, 2.75) is 45.4 Å². The van der Waals surface area contributed by atoms with Crippen molar-refractivity contribution in [2.75, 3.05) is 0 Å². The normalized spacial score (nSPS) is 16.1. The summed E-state index contributed by atoms with van der Waals surface area (Å²) in [5.41, 5.74) is 2.21. The van der Waals surface area contributed by atoms with Gasteiger partial charge in [-0.3, -0.25) is 5.10 Å². The molecule has 4 nitrogen and oxygen atoms in total. The molecule has 0 saturated heterocycles. The number of rotatable bonds is 2. The molecule has 0 radical (unpaired) electrons. The van der Waals surface area contributed by atoms with Crippen LogP contribution in [0.15, 0.2) is 12.1 Å². The summed E-state index contributed by atoms with van der Waals surface area (Å²) in [5.74, 6) is 2.24. The molecule has 0 aliphatic heterocycles. The number of aromatic amines is 1. The highest BCUT2D eigenvalue weighted by Gasteiger charge is 2.19. The van der Waals surface area contributed by atoms with Crippen molar-refractivity contribution >= 4 is 12.2 Å². The molecule has 100 valence electrons. The molecule has 1 aliphatic rings. The number of nitrogens with one attached hydrogen (secondary N) is 1. The summed E-state index contributed by atoms with van der Waals surface area (Å²) in [4.78, 5) is 8.76. The zero-order chi connectivity index (χ0) is 13.4. The number of hydrogen-bond acceptors (Lipinski definition) is 3. The summed E-state index contributed by atoms with van der Waals surface area (Å²) in [6.07, 6.45) is 5.17. The van der Waals surface area contributed by atoms with E-state index in [0.29, 0.717) is 5.92 Å². The van der Waals surface area contributed by atoms with E-state index in [1.54, 1.807) is 0 Å². The van der Waals surface area contributed by atoms with Crippen LogP contribution in [0.2, 0.25) is 0 Å². The summed E-state index contributed by atoms with van der Waals surface area (Å²) in [7, 11) is 0. The van der Waals surface area contributed by atoms with Gasteiger partial charge in [0.25, 0.3) is 0 Å². The van der Waals surface area contributed by atoms with E-state index >= 15 is 0 Å². The molecule has 0 aromatic carbocycles. The molecule has 2 aromatic rings. The lowest BCUT2D eigenvalue weighted by Crippen LogP contribution is -2.04. The Balaban J connectivity index is 2.02. The molecule has 0 unspecified atom stereocenters. The maximum Gasteiger partial charge on any atom is 0.156 e. The van der Waals surface area contributed by atoms with Crippen molar-refractivity contribution in [3.05, 3.63) is 34.0 Å². The first-order valence-corrected chi connectivity index (χ1v) is 7.19. The number of H-pyrrole nitrogens is 1. The van der Waals surface area contributed by atoms with Crippen LogP contribution in [0.1, 0.15) is 48.8 Å². The monoisotopic (exact) mass is 274 g/mol. The molecule has 1 saturated carbocycles. The van der Waals surface area contributed by atoms with Gasteiger partial charge in [0.05, 0.1) is 0 Å². The van der Waals surface area contributed by atoms with E-state index in [1.807, 2.05) is 24.6 Å². The van der Waals surface area contributed by atoms with Gasteiger partial charge in [-0.15, -0.1) is 0 Å². The van der Waals surface area contributed by atoms with Crippen molar-refractivity contribution in [3.63, 3.8) is 0 Å². The van der Waals surface area contributed by atoms with E-state index in [1.165, 1.54) is 31.4 Å². The highest BCUT2D eigenvalue weighted by molar-refractivity contribution is 7.71. The van der Waals surface area contributed by atoms with Crippen LogP contribution in [-0.4, -0.2) is 19.7 Å². The summed E-state index contributed by atoms with van der Waals surface area (Å²) in [6, 6.07) is 4.04. The molecular formula is C14H18N4S. The van der Waals surface area contributed by atoms with Gasteiger partial charge in [-0.05, 0) is 32.8 Å². The summed E-state index contributed by atoms with van der Waals surface area (Å²) < 4.78 is 2.68. The molecule has 3 rings (SSSR count). The summed E-state index contributed by atoms with van der Waals surface area (Å²) in [6.45, 7) is 3.88. The van der Waals surface area contributed by atoms with Gasteiger partial charge in [-0.1, -0.05) is 25.1 Å². The van der Waals surface area contributed by atoms with Crippen LogP contribution in [0.4, 0.5) is 0 Å². The van der Waals surface area contributed by atoms with Gasteiger partial charge >= 0.3 is 0 Å². The van der Waals surface area contributed by atoms with Crippen LogP contribution in [0.5, 0.6) is 0 Å². The van der Waals surface area contributed by atoms with Gasteiger partial charge in [0.1, 0.15) is 10.5 Å². The zero-order valence-electron chi connectivity index (χ0n) is 11.3. The molecule has 0 amide bonds. The van der Waals surface area contributed by atoms with Crippen molar-refractivity contribution in [1.82, 2.24) is 19.7 Å². The second kappa shape index (κ2) is 4.89. The first-order chi connectivity index (χ1) is 9.13. The van der Waals surface area contributed by atoms with Crippen molar-refractivity contribution in [1.29, 1.82) is 0 Å². The molecule has 2 heterocycles. The van der Waals surface area contributed by atoms with E-state index in [2.05, 4.69) is 21.1 Å². The lowest BCUT2D eigenvalue weighted by molar-refractivity contribution is 0.673. The Labute approximate surface area is 117 Å². The Bertz CT molecular complexity index is 629. The average molecular weight is 274 g/mol. The van der Waals surface area contributed by atoms with Crippen molar-refractivity contribution < 1.29 is 0 Å². The van der Waals surface area contributed by atoms with Crippen LogP contribution in [0.25, 0.3) is 5.82 Å². The molecule has 0 spiro atoms. The Hall–Kier alpha value is -1.49. The van der Waals surface area contributed by atoms with Crippen LogP contribution in [0, 0.1) is 18.5 Å². The van der Waals surface area contributed by atoms with Crippen LogP contribution < -0.4 is 0 Å². The third-order valence-electron chi connectivity index (χ3n) is 3.72. The third kappa shape index (κ3) is 2.47. The molecule has 0 atom stereocenters. The van der Waals surface area contributed by atoms with Crippen molar-refractivity contribution in [3.8, 4) is 5.82 Å². The summed E-state index contributed by atoms with van der Waals surface area (Å²) in [5, 5.41) is 3.42. The smallest absolute Gasteiger partial charge is 0.156 e. The van der Waals surface area contributed by atoms with E-state index in [0.717, 1.165) is 22.0 Å². The first-order valence-electron chi connectivity index (χ1n) is 6.78. The Morgan fingerprint density at radius 2 is 1.95 bits per heavy atom. The lowest BCUT2D eigenvalue weighted by Gasteiger charge is -2.07. The third-order valence-corrected chi connectivity index (χ3v) is 4.02. The number of aryl methyl sites for hydroxylation is 2. The van der Waals surface area contributed by atoms with E-state index in [-0.39, 0.29) is 0 Å². The highest BCUT2D eigenvalue weighted by atomic mass is 32.1. The minimum atomic E-state index is 0.631. The van der Waals surface area contributed by atoms with Gasteiger partial charge in [-0.2, -0.15) is 0 Å². The van der Waals surface area contributed by atoms with Gasteiger partial charge < -0.3 is 0 Å². The molecule has 19 heavy (non-hydrogen) atoms. The van der Waals surface area contributed by atoms with E-state index < -0.39 is 0 Å². The molecule has 5 heteroatoms. The predicted octanol–water partition coefficient (Wildman–Crippen LogP) is 3.60. The number of aromatic nitrogens is 4. The zero-order valence-corrected chi connectivity index (χ0v) is 12.1. The second-order valence-corrected chi connectivity index (χ2v) is 5.70. The van der Waals surface area contributed by atoms with E-state index in [9.17, 15) is 0 Å². The fourth-order valence-corrected chi connectivity index (χ4v) is 3.11. The molecule has 0 bridgehead atoms. The minimum absolute atomic E-state index is 0.631. The SMILES string of the molecule is Cc1cc(-n2[nH]c(C3CCCC3)cc2=S)nc(C)n1. The average Bonchev–Trinajstić information content (AvgIpc) is 2.95. The quantitative estimate of drug-likeness (QED) is 0.851.